The molecule has 1 saturated heterocycles. The van der Waals surface area contributed by atoms with Crippen molar-refractivity contribution in [1.82, 2.24) is 4.31 Å². The Morgan fingerprint density at radius 3 is 2.42 bits per heavy atom. The molecule has 1 heterocycles. The van der Waals surface area contributed by atoms with Gasteiger partial charge in [0.2, 0.25) is 10.0 Å². The average molecular weight is 394 g/mol. The fourth-order valence-electron chi connectivity index (χ4n) is 2.97. The van der Waals surface area contributed by atoms with Crippen LogP contribution in [0.4, 0.5) is 0 Å². The summed E-state index contributed by atoms with van der Waals surface area (Å²) < 4.78 is 32.4. The molecule has 0 spiro atoms. The van der Waals surface area contributed by atoms with Crippen LogP contribution in [0.2, 0.25) is 5.02 Å². The highest BCUT2D eigenvalue weighted by Crippen LogP contribution is 2.29. The maximum atomic E-state index is 12.8. The van der Waals surface area contributed by atoms with E-state index in [1.807, 2.05) is 26.0 Å². The summed E-state index contributed by atoms with van der Waals surface area (Å²) in [5.74, 6) is -0.175. The highest BCUT2D eigenvalue weighted by molar-refractivity contribution is 7.89. The van der Waals surface area contributed by atoms with Crippen molar-refractivity contribution in [2.45, 2.75) is 31.6 Å². The molecule has 1 fully saturated rings. The lowest BCUT2D eigenvalue weighted by Gasteiger charge is -2.17. The Bertz CT molecular complexity index is 950. The fraction of sp³-hybridized carbons (Fsp3) is 0.316. The molecule has 3 rings (SSSR count). The lowest BCUT2D eigenvalue weighted by atomic mass is 10.1. The molecule has 7 heteroatoms. The Kier molecular flexibility index (Phi) is 5.37. The minimum absolute atomic E-state index is 0.0591. The standard InChI is InChI=1S/C19H20ClNO4S/c1-13-5-8-17(14(2)11-13)25-19(22)15-6-7-16(20)18(12-15)26(23,24)21-9-3-4-10-21/h5-8,11-12H,3-4,9-10H2,1-2H3. The topological polar surface area (TPSA) is 63.7 Å². The number of carbonyl (C=O) groups is 1. The number of aryl methyl sites for hydroxylation is 2. The van der Waals surface area contributed by atoms with Gasteiger partial charge in [-0.3, -0.25) is 0 Å². The molecular weight excluding hydrogens is 374 g/mol. The van der Waals surface area contributed by atoms with Gasteiger partial charge in [-0.15, -0.1) is 0 Å². The van der Waals surface area contributed by atoms with Gasteiger partial charge in [0.05, 0.1) is 10.6 Å². The summed E-state index contributed by atoms with van der Waals surface area (Å²) in [5.41, 5.74) is 2.04. The Morgan fingerprint density at radius 1 is 1.08 bits per heavy atom. The van der Waals surface area contributed by atoms with Gasteiger partial charge in [0, 0.05) is 13.1 Å². The smallest absolute Gasteiger partial charge is 0.343 e. The van der Waals surface area contributed by atoms with Crippen molar-refractivity contribution < 1.29 is 17.9 Å². The molecule has 0 atom stereocenters. The van der Waals surface area contributed by atoms with E-state index in [9.17, 15) is 13.2 Å². The normalized spacial score (nSPS) is 15.2. The second-order valence-corrected chi connectivity index (χ2v) is 8.73. The number of halogens is 1. The fourth-order valence-corrected chi connectivity index (χ4v) is 4.99. The van der Waals surface area contributed by atoms with E-state index in [2.05, 4.69) is 0 Å². The van der Waals surface area contributed by atoms with Crippen molar-refractivity contribution in [2.24, 2.45) is 0 Å². The number of carbonyl (C=O) groups excluding carboxylic acids is 1. The number of benzene rings is 2. The molecule has 0 N–H and O–H groups in total. The molecule has 0 radical (unpaired) electrons. The van der Waals surface area contributed by atoms with Crippen molar-refractivity contribution in [2.75, 3.05) is 13.1 Å². The number of ether oxygens (including phenoxy) is 1. The zero-order valence-corrected chi connectivity index (χ0v) is 16.2. The Hall–Kier alpha value is -1.89. The van der Waals surface area contributed by atoms with E-state index in [-0.39, 0.29) is 15.5 Å². The molecule has 2 aromatic rings. The van der Waals surface area contributed by atoms with Crippen molar-refractivity contribution in [3.8, 4) is 5.75 Å². The largest absolute Gasteiger partial charge is 0.423 e. The Labute approximate surface area is 158 Å². The predicted molar refractivity (Wildman–Crippen MR) is 100 cm³/mol. The highest BCUT2D eigenvalue weighted by atomic mass is 35.5. The summed E-state index contributed by atoms with van der Waals surface area (Å²) in [6, 6.07) is 9.66. The van der Waals surface area contributed by atoms with Crippen LogP contribution in [-0.4, -0.2) is 31.8 Å². The first-order valence-corrected chi connectivity index (χ1v) is 10.2. The van der Waals surface area contributed by atoms with E-state index in [4.69, 9.17) is 16.3 Å². The van der Waals surface area contributed by atoms with Gasteiger partial charge in [-0.2, -0.15) is 4.31 Å². The first-order valence-electron chi connectivity index (χ1n) is 8.38. The van der Waals surface area contributed by atoms with E-state index in [0.717, 1.165) is 24.0 Å². The molecule has 26 heavy (non-hydrogen) atoms. The number of esters is 1. The van der Waals surface area contributed by atoms with Crippen molar-refractivity contribution in [1.29, 1.82) is 0 Å². The third kappa shape index (κ3) is 3.77. The van der Waals surface area contributed by atoms with Gasteiger partial charge >= 0.3 is 5.97 Å². The van der Waals surface area contributed by atoms with Crippen LogP contribution in [0.25, 0.3) is 0 Å². The van der Waals surface area contributed by atoms with Gasteiger partial charge in [-0.1, -0.05) is 29.3 Å². The van der Waals surface area contributed by atoms with E-state index in [1.165, 1.54) is 22.5 Å². The minimum atomic E-state index is -3.72. The summed E-state index contributed by atoms with van der Waals surface area (Å²) in [4.78, 5) is 12.4. The van der Waals surface area contributed by atoms with Gasteiger partial charge in [0.25, 0.3) is 0 Å². The lowest BCUT2D eigenvalue weighted by Crippen LogP contribution is -2.28. The zero-order valence-electron chi connectivity index (χ0n) is 14.7. The van der Waals surface area contributed by atoms with Crippen LogP contribution in [-0.2, 0) is 10.0 Å². The van der Waals surface area contributed by atoms with Crippen LogP contribution in [0.1, 0.15) is 34.3 Å². The van der Waals surface area contributed by atoms with E-state index >= 15 is 0 Å². The number of hydrogen-bond acceptors (Lipinski definition) is 4. The summed E-state index contributed by atoms with van der Waals surface area (Å²) in [7, 11) is -3.72. The maximum absolute atomic E-state index is 12.8. The Balaban J connectivity index is 1.90. The lowest BCUT2D eigenvalue weighted by molar-refractivity contribution is 0.0733. The second-order valence-electron chi connectivity index (χ2n) is 6.41. The third-order valence-corrected chi connectivity index (χ3v) is 6.76. The van der Waals surface area contributed by atoms with Crippen LogP contribution < -0.4 is 4.74 Å². The molecule has 0 bridgehead atoms. The van der Waals surface area contributed by atoms with Crippen LogP contribution in [0, 0.1) is 13.8 Å². The van der Waals surface area contributed by atoms with Crippen molar-refractivity contribution >= 4 is 27.6 Å². The number of sulfonamides is 1. The van der Waals surface area contributed by atoms with Gasteiger partial charge in [0.15, 0.2) is 0 Å². The summed E-state index contributed by atoms with van der Waals surface area (Å²) in [6.45, 7) is 4.74. The molecule has 0 unspecified atom stereocenters. The summed E-state index contributed by atoms with van der Waals surface area (Å²) >= 11 is 6.11. The molecule has 2 aromatic carbocycles. The second kappa shape index (κ2) is 7.39. The van der Waals surface area contributed by atoms with Gasteiger partial charge < -0.3 is 4.74 Å². The van der Waals surface area contributed by atoms with Crippen LogP contribution in [0.15, 0.2) is 41.3 Å². The van der Waals surface area contributed by atoms with E-state index < -0.39 is 16.0 Å². The summed E-state index contributed by atoms with van der Waals surface area (Å²) in [5, 5.41) is 0.0972. The van der Waals surface area contributed by atoms with Crippen LogP contribution in [0.3, 0.4) is 0 Å². The molecule has 5 nitrogen and oxygen atoms in total. The monoisotopic (exact) mass is 393 g/mol. The van der Waals surface area contributed by atoms with Crippen LogP contribution in [0.5, 0.6) is 5.75 Å². The number of nitrogens with zero attached hydrogens (tertiary/aromatic N) is 1. The first-order chi connectivity index (χ1) is 12.3. The number of rotatable bonds is 4. The molecule has 0 aliphatic carbocycles. The van der Waals surface area contributed by atoms with Gasteiger partial charge in [-0.05, 0) is 56.5 Å². The van der Waals surface area contributed by atoms with E-state index in [0.29, 0.717) is 18.8 Å². The van der Waals surface area contributed by atoms with Gasteiger partial charge in [-0.25, -0.2) is 13.2 Å². The highest BCUT2D eigenvalue weighted by Gasteiger charge is 2.30. The molecule has 0 amide bonds. The predicted octanol–water partition coefficient (Wildman–Crippen LogP) is 3.96. The Morgan fingerprint density at radius 2 is 1.77 bits per heavy atom. The molecular formula is C19H20ClNO4S. The van der Waals surface area contributed by atoms with Crippen molar-refractivity contribution in [3.05, 3.63) is 58.1 Å². The zero-order chi connectivity index (χ0) is 18.9. The minimum Gasteiger partial charge on any atom is -0.423 e. The SMILES string of the molecule is Cc1ccc(OC(=O)c2ccc(Cl)c(S(=O)(=O)N3CCCC3)c2)c(C)c1. The third-order valence-electron chi connectivity index (χ3n) is 4.38. The molecule has 1 aliphatic rings. The van der Waals surface area contributed by atoms with Crippen molar-refractivity contribution in [3.63, 3.8) is 0 Å². The molecule has 1 aliphatic heterocycles. The van der Waals surface area contributed by atoms with Crippen LogP contribution >= 0.6 is 11.6 Å². The quantitative estimate of drug-likeness (QED) is 0.582. The summed E-state index contributed by atoms with van der Waals surface area (Å²) in [6.07, 6.45) is 1.65. The maximum Gasteiger partial charge on any atom is 0.343 e. The average Bonchev–Trinajstić information content (AvgIpc) is 3.13. The van der Waals surface area contributed by atoms with E-state index in [1.54, 1.807) is 6.07 Å². The number of hydrogen-bond donors (Lipinski definition) is 0. The molecule has 0 saturated carbocycles. The first kappa shape index (κ1) is 18.9. The van der Waals surface area contributed by atoms with Gasteiger partial charge in [0.1, 0.15) is 10.6 Å². The molecule has 0 aromatic heterocycles. The molecule has 138 valence electrons.